The molecular weight excluding hydrogens is 270 g/mol. The zero-order valence-corrected chi connectivity index (χ0v) is 9.84. The Morgan fingerprint density at radius 1 is 0.643 bits per heavy atom. The fourth-order valence-electron chi connectivity index (χ4n) is 1.05. The van der Waals surface area contributed by atoms with Crippen LogP contribution in [0.5, 0.6) is 0 Å². The lowest BCUT2D eigenvalue weighted by atomic mass is 10.1. The lowest BCUT2D eigenvalue weighted by Crippen LogP contribution is -1.98. The Hall–Kier alpha value is 0.300. The lowest BCUT2D eigenvalue weighted by molar-refractivity contribution is 0.260. The van der Waals surface area contributed by atoms with E-state index in [-0.39, 0.29) is 33.3 Å². The maximum Gasteiger partial charge on any atom is 0.0797 e. The van der Waals surface area contributed by atoms with Gasteiger partial charge in [-0.1, -0.05) is 46.4 Å². The SMILES string of the molecule is OCc1c(Cl)c(Cl)c(Cl)c(Cl)c1CO. The molecular formula is C8H6Cl4O2. The van der Waals surface area contributed by atoms with Gasteiger partial charge in [-0.2, -0.15) is 0 Å². The Morgan fingerprint density at radius 2 is 0.929 bits per heavy atom. The molecule has 0 amide bonds. The van der Waals surface area contributed by atoms with Gasteiger partial charge < -0.3 is 10.2 Å². The van der Waals surface area contributed by atoms with Crippen LogP contribution >= 0.6 is 46.4 Å². The van der Waals surface area contributed by atoms with Gasteiger partial charge in [0.25, 0.3) is 0 Å². The first-order valence-electron chi connectivity index (χ1n) is 3.60. The monoisotopic (exact) mass is 274 g/mol. The van der Waals surface area contributed by atoms with Crippen LogP contribution in [0.25, 0.3) is 0 Å². The normalized spacial score (nSPS) is 10.7. The van der Waals surface area contributed by atoms with Gasteiger partial charge in [0.15, 0.2) is 0 Å². The van der Waals surface area contributed by atoms with E-state index >= 15 is 0 Å². The molecule has 0 aromatic heterocycles. The van der Waals surface area contributed by atoms with Gasteiger partial charge in [0.1, 0.15) is 0 Å². The molecule has 0 aliphatic carbocycles. The van der Waals surface area contributed by atoms with E-state index in [9.17, 15) is 0 Å². The predicted octanol–water partition coefficient (Wildman–Crippen LogP) is 3.28. The molecule has 0 aliphatic rings. The summed E-state index contributed by atoms with van der Waals surface area (Å²) < 4.78 is 0. The van der Waals surface area contributed by atoms with Crippen LogP contribution < -0.4 is 0 Å². The molecule has 2 nitrogen and oxygen atoms in total. The van der Waals surface area contributed by atoms with Crippen LogP contribution in [0.4, 0.5) is 0 Å². The summed E-state index contributed by atoms with van der Waals surface area (Å²) in [7, 11) is 0. The van der Waals surface area contributed by atoms with E-state index in [4.69, 9.17) is 56.6 Å². The number of aliphatic hydroxyl groups excluding tert-OH is 2. The second-order valence-corrected chi connectivity index (χ2v) is 4.04. The van der Waals surface area contributed by atoms with Gasteiger partial charge >= 0.3 is 0 Å². The van der Waals surface area contributed by atoms with E-state index < -0.39 is 0 Å². The molecule has 0 bridgehead atoms. The summed E-state index contributed by atoms with van der Waals surface area (Å²) in [4.78, 5) is 0. The highest BCUT2D eigenvalue weighted by atomic mass is 35.5. The predicted molar refractivity (Wildman–Crippen MR) is 58.3 cm³/mol. The molecule has 0 atom stereocenters. The van der Waals surface area contributed by atoms with Gasteiger partial charge in [0.05, 0.1) is 33.3 Å². The number of rotatable bonds is 2. The average molecular weight is 276 g/mol. The Morgan fingerprint density at radius 3 is 1.14 bits per heavy atom. The number of aliphatic hydroxyl groups is 2. The molecule has 6 heteroatoms. The smallest absolute Gasteiger partial charge is 0.0797 e. The number of hydrogen-bond acceptors (Lipinski definition) is 2. The zero-order valence-electron chi connectivity index (χ0n) is 6.82. The van der Waals surface area contributed by atoms with E-state index in [0.29, 0.717) is 11.1 Å². The van der Waals surface area contributed by atoms with Crippen LogP contribution in [-0.2, 0) is 13.2 Å². The Labute approximate surface area is 101 Å². The summed E-state index contributed by atoms with van der Waals surface area (Å²) in [5, 5.41) is 18.4. The maximum absolute atomic E-state index is 9.01. The second kappa shape index (κ2) is 4.88. The zero-order chi connectivity index (χ0) is 10.9. The molecule has 1 aromatic carbocycles. The molecule has 78 valence electrons. The van der Waals surface area contributed by atoms with Crippen molar-refractivity contribution in [1.29, 1.82) is 0 Å². The summed E-state index contributed by atoms with van der Waals surface area (Å²) in [6.45, 7) is -0.712. The summed E-state index contributed by atoms with van der Waals surface area (Å²) in [5.74, 6) is 0. The van der Waals surface area contributed by atoms with Gasteiger partial charge in [-0.05, 0) is 0 Å². The van der Waals surface area contributed by atoms with Crippen molar-refractivity contribution in [3.05, 3.63) is 31.2 Å². The molecule has 0 aliphatic heterocycles. The fourth-order valence-corrected chi connectivity index (χ4v) is 2.10. The molecule has 0 unspecified atom stereocenters. The molecule has 0 heterocycles. The molecule has 0 fully saturated rings. The number of benzene rings is 1. The van der Waals surface area contributed by atoms with Crippen molar-refractivity contribution in [2.45, 2.75) is 13.2 Å². The Balaban J connectivity index is 3.57. The van der Waals surface area contributed by atoms with Crippen LogP contribution in [0, 0.1) is 0 Å². The molecule has 2 N–H and O–H groups in total. The summed E-state index contributed by atoms with van der Waals surface area (Å²) in [6, 6.07) is 0. The van der Waals surface area contributed by atoms with Crippen molar-refractivity contribution in [1.82, 2.24) is 0 Å². The van der Waals surface area contributed by atoms with Crippen molar-refractivity contribution in [2.75, 3.05) is 0 Å². The molecule has 0 spiro atoms. The quantitative estimate of drug-likeness (QED) is 0.642. The molecule has 1 aromatic rings. The van der Waals surface area contributed by atoms with Crippen molar-refractivity contribution in [3.63, 3.8) is 0 Å². The number of hydrogen-bond donors (Lipinski definition) is 2. The first kappa shape index (κ1) is 12.4. The van der Waals surface area contributed by atoms with E-state index in [1.165, 1.54) is 0 Å². The Bertz CT molecular complexity index is 330. The van der Waals surface area contributed by atoms with Crippen LogP contribution in [0.15, 0.2) is 0 Å². The van der Waals surface area contributed by atoms with Crippen LogP contribution in [0.1, 0.15) is 11.1 Å². The van der Waals surface area contributed by atoms with Crippen LogP contribution in [0.3, 0.4) is 0 Å². The van der Waals surface area contributed by atoms with Crippen molar-refractivity contribution in [2.24, 2.45) is 0 Å². The lowest BCUT2D eigenvalue weighted by Gasteiger charge is -2.12. The van der Waals surface area contributed by atoms with Crippen molar-refractivity contribution in [3.8, 4) is 0 Å². The highest BCUT2D eigenvalue weighted by Crippen LogP contribution is 2.41. The van der Waals surface area contributed by atoms with Gasteiger partial charge in [-0.3, -0.25) is 0 Å². The third kappa shape index (κ3) is 1.96. The van der Waals surface area contributed by atoms with Gasteiger partial charge in [0, 0.05) is 11.1 Å². The van der Waals surface area contributed by atoms with Crippen molar-refractivity contribution < 1.29 is 10.2 Å². The van der Waals surface area contributed by atoms with E-state index in [1.54, 1.807) is 0 Å². The fraction of sp³-hybridized carbons (Fsp3) is 0.250. The first-order valence-corrected chi connectivity index (χ1v) is 5.11. The minimum absolute atomic E-state index is 0.0829. The van der Waals surface area contributed by atoms with Gasteiger partial charge in [-0.15, -0.1) is 0 Å². The van der Waals surface area contributed by atoms with E-state index in [2.05, 4.69) is 0 Å². The van der Waals surface area contributed by atoms with E-state index in [0.717, 1.165) is 0 Å². The minimum atomic E-state index is -0.356. The molecule has 0 saturated carbocycles. The number of halogens is 4. The molecule has 0 radical (unpaired) electrons. The first-order chi connectivity index (χ1) is 6.54. The minimum Gasteiger partial charge on any atom is -0.392 e. The van der Waals surface area contributed by atoms with Crippen molar-refractivity contribution >= 4 is 46.4 Å². The topological polar surface area (TPSA) is 40.5 Å². The van der Waals surface area contributed by atoms with Gasteiger partial charge in [0.2, 0.25) is 0 Å². The Kier molecular flexibility index (Phi) is 4.31. The maximum atomic E-state index is 9.01. The van der Waals surface area contributed by atoms with Gasteiger partial charge in [-0.25, -0.2) is 0 Å². The third-order valence-electron chi connectivity index (χ3n) is 1.79. The van der Waals surface area contributed by atoms with Crippen LogP contribution in [0.2, 0.25) is 20.1 Å². The largest absolute Gasteiger partial charge is 0.392 e. The molecule has 1 rings (SSSR count). The average Bonchev–Trinajstić information content (AvgIpc) is 2.20. The highest BCUT2D eigenvalue weighted by molar-refractivity contribution is 6.52. The summed E-state index contributed by atoms with van der Waals surface area (Å²) >= 11 is 23.1. The molecule has 0 saturated heterocycles. The summed E-state index contributed by atoms with van der Waals surface area (Å²) in [6.07, 6.45) is 0. The summed E-state index contributed by atoms with van der Waals surface area (Å²) in [5.41, 5.74) is 0.599. The molecule has 14 heavy (non-hydrogen) atoms. The highest BCUT2D eigenvalue weighted by Gasteiger charge is 2.18. The second-order valence-electron chi connectivity index (χ2n) is 2.53. The third-order valence-corrected chi connectivity index (χ3v) is 3.67. The standard InChI is InChI=1S/C8H6Cl4O2/c9-5-3(1-13)4(2-14)6(10)8(12)7(5)11/h13-14H,1-2H2. The van der Waals surface area contributed by atoms with E-state index in [1.807, 2.05) is 0 Å². The van der Waals surface area contributed by atoms with Crippen LogP contribution in [-0.4, -0.2) is 10.2 Å².